The Morgan fingerprint density at radius 3 is 2.55 bits per heavy atom. The molecule has 0 radical (unpaired) electrons. The average Bonchev–Trinajstić information content (AvgIpc) is 2.76. The molecule has 31 heavy (non-hydrogen) atoms. The lowest BCUT2D eigenvalue weighted by Gasteiger charge is -2.14. The molecule has 6 nitrogen and oxygen atoms in total. The third-order valence-corrected chi connectivity index (χ3v) is 4.51. The lowest BCUT2D eigenvalue weighted by Crippen LogP contribution is -2.33. The van der Waals surface area contributed by atoms with Gasteiger partial charge in [-0.1, -0.05) is 41.9 Å². The maximum absolute atomic E-state index is 12.2. The van der Waals surface area contributed by atoms with Gasteiger partial charge in [0.2, 0.25) is 0 Å². The van der Waals surface area contributed by atoms with Crippen molar-refractivity contribution >= 4 is 29.7 Å². The summed E-state index contributed by atoms with van der Waals surface area (Å²) in [6.07, 6.45) is 0.702. The van der Waals surface area contributed by atoms with Gasteiger partial charge >= 0.3 is 5.97 Å². The fourth-order valence-electron chi connectivity index (χ4n) is 2.65. The fraction of sp³-hybridized carbons (Fsp3) is 0.125. The minimum Gasteiger partial charge on any atom is -0.481 e. The number of amides is 1. The molecule has 0 heterocycles. The van der Waals surface area contributed by atoms with Gasteiger partial charge in [-0.05, 0) is 67.4 Å². The van der Waals surface area contributed by atoms with Crippen LogP contribution in [0.25, 0.3) is 0 Å². The van der Waals surface area contributed by atoms with Gasteiger partial charge in [0, 0.05) is 5.02 Å². The Hall–Kier alpha value is -3.64. The molecule has 0 saturated carbocycles. The molecule has 3 rings (SSSR count). The van der Waals surface area contributed by atoms with Crippen LogP contribution in [-0.2, 0) is 4.79 Å². The van der Waals surface area contributed by atoms with Gasteiger partial charge in [-0.2, -0.15) is 5.10 Å². The van der Waals surface area contributed by atoms with Crippen molar-refractivity contribution in [3.8, 4) is 11.5 Å². The van der Waals surface area contributed by atoms with Crippen molar-refractivity contribution in [1.29, 1.82) is 0 Å². The first-order valence-corrected chi connectivity index (χ1v) is 9.93. The molecule has 0 aliphatic carbocycles. The highest BCUT2D eigenvalue weighted by Crippen LogP contribution is 2.22. The molecule has 1 N–H and O–H groups in total. The second-order valence-corrected chi connectivity index (χ2v) is 7.17. The Bertz CT molecular complexity index is 1100. The maximum Gasteiger partial charge on any atom is 0.343 e. The third kappa shape index (κ3) is 6.42. The van der Waals surface area contributed by atoms with Crippen LogP contribution in [0.15, 0.2) is 77.9 Å². The van der Waals surface area contributed by atoms with E-state index in [0.717, 1.165) is 5.56 Å². The number of carbonyl (C=O) groups is 2. The summed E-state index contributed by atoms with van der Waals surface area (Å²) < 4.78 is 11.0. The quantitative estimate of drug-likeness (QED) is 0.250. The SMILES string of the molecule is Cc1cc(Cl)ccc1OC(C)C(=O)NN=Cc1cccc(OC(=O)c2ccccc2)c1. The largest absolute Gasteiger partial charge is 0.481 e. The van der Waals surface area contributed by atoms with Gasteiger partial charge in [0.25, 0.3) is 5.91 Å². The normalized spacial score (nSPS) is 11.7. The molecule has 0 fully saturated rings. The van der Waals surface area contributed by atoms with E-state index in [1.54, 1.807) is 73.7 Å². The monoisotopic (exact) mass is 436 g/mol. The number of esters is 1. The van der Waals surface area contributed by atoms with Gasteiger partial charge in [0.05, 0.1) is 11.8 Å². The van der Waals surface area contributed by atoms with Crippen LogP contribution < -0.4 is 14.9 Å². The van der Waals surface area contributed by atoms with Gasteiger partial charge in [-0.25, -0.2) is 10.2 Å². The minimum absolute atomic E-state index is 0.374. The predicted molar refractivity (Wildman–Crippen MR) is 120 cm³/mol. The molecule has 158 valence electrons. The number of carbonyl (C=O) groups excluding carboxylic acids is 2. The van der Waals surface area contributed by atoms with Crippen molar-refractivity contribution in [1.82, 2.24) is 5.43 Å². The zero-order valence-electron chi connectivity index (χ0n) is 17.0. The number of halogens is 1. The van der Waals surface area contributed by atoms with Crippen molar-refractivity contribution in [2.24, 2.45) is 5.10 Å². The molecule has 1 atom stereocenters. The van der Waals surface area contributed by atoms with Crippen LogP contribution in [0.4, 0.5) is 0 Å². The molecule has 0 spiro atoms. The predicted octanol–water partition coefficient (Wildman–Crippen LogP) is 4.79. The second kappa shape index (κ2) is 10.4. The molecule has 0 aliphatic rings. The number of ether oxygens (including phenoxy) is 2. The molecule has 0 saturated heterocycles. The Kier molecular flexibility index (Phi) is 7.40. The lowest BCUT2D eigenvalue weighted by molar-refractivity contribution is -0.127. The summed E-state index contributed by atoms with van der Waals surface area (Å²) >= 11 is 5.93. The van der Waals surface area contributed by atoms with Gasteiger partial charge < -0.3 is 9.47 Å². The number of hydrogen-bond donors (Lipinski definition) is 1. The van der Waals surface area contributed by atoms with E-state index in [2.05, 4.69) is 10.5 Å². The fourth-order valence-corrected chi connectivity index (χ4v) is 2.88. The van der Waals surface area contributed by atoms with Crippen LogP contribution in [0, 0.1) is 6.92 Å². The van der Waals surface area contributed by atoms with Crippen molar-refractivity contribution in [3.63, 3.8) is 0 Å². The minimum atomic E-state index is -0.754. The summed E-state index contributed by atoms with van der Waals surface area (Å²) in [4.78, 5) is 24.4. The molecule has 0 aliphatic heterocycles. The van der Waals surface area contributed by atoms with E-state index < -0.39 is 18.0 Å². The summed E-state index contributed by atoms with van der Waals surface area (Å²) in [5, 5.41) is 4.55. The number of aryl methyl sites for hydroxylation is 1. The zero-order valence-corrected chi connectivity index (χ0v) is 17.8. The number of hydrogen-bond acceptors (Lipinski definition) is 5. The molecular weight excluding hydrogens is 416 g/mol. The Morgan fingerprint density at radius 1 is 1.03 bits per heavy atom. The first-order chi connectivity index (χ1) is 14.9. The standard InChI is InChI=1S/C24H21ClN2O4/c1-16-13-20(25)11-12-22(16)30-17(2)23(28)27-26-15-18-7-6-10-21(14-18)31-24(29)19-8-4-3-5-9-19/h3-15,17H,1-2H3,(H,27,28). The summed E-state index contributed by atoms with van der Waals surface area (Å²) in [5.41, 5.74) is 4.38. The maximum atomic E-state index is 12.2. The molecule has 1 amide bonds. The van der Waals surface area contributed by atoms with E-state index in [-0.39, 0.29) is 0 Å². The third-order valence-electron chi connectivity index (χ3n) is 4.28. The number of rotatable bonds is 7. The second-order valence-electron chi connectivity index (χ2n) is 6.73. The van der Waals surface area contributed by atoms with E-state index in [9.17, 15) is 9.59 Å². The van der Waals surface area contributed by atoms with Crippen molar-refractivity contribution < 1.29 is 19.1 Å². The van der Waals surface area contributed by atoms with Gasteiger partial charge in [0.15, 0.2) is 6.10 Å². The highest BCUT2D eigenvalue weighted by molar-refractivity contribution is 6.30. The van der Waals surface area contributed by atoms with E-state index in [1.807, 2.05) is 13.0 Å². The van der Waals surface area contributed by atoms with Crippen LogP contribution in [0.3, 0.4) is 0 Å². The highest BCUT2D eigenvalue weighted by Gasteiger charge is 2.15. The van der Waals surface area contributed by atoms with E-state index in [1.165, 1.54) is 6.21 Å². The van der Waals surface area contributed by atoms with Crippen molar-refractivity contribution in [2.45, 2.75) is 20.0 Å². The average molecular weight is 437 g/mol. The van der Waals surface area contributed by atoms with Gasteiger partial charge in [0.1, 0.15) is 11.5 Å². The van der Waals surface area contributed by atoms with Crippen LogP contribution in [0.5, 0.6) is 11.5 Å². The summed E-state index contributed by atoms with van der Waals surface area (Å²) in [5.74, 6) is 0.0896. The molecule has 1 unspecified atom stereocenters. The molecular formula is C24H21ClN2O4. The molecule has 3 aromatic rings. The Morgan fingerprint density at radius 2 is 1.81 bits per heavy atom. The van der Waals surface area contributed by atoms with Gasteiger partial charge in [-0.15, -0.1) is 0 Å². The van der Waals surface area contributed by atoms with Crippen LogP contribution in [-0.4, -0.2) is 24.2 Å². The first-order valence-electron chi connectivity index (χ1n) is 9.55. The molecule has 3 aromatic carbocycles. The number of hydrazone groups is 1. The van der Waals surface area contributed by atoms with Crippen LogP contribution in [0.2, 0.25) is 5.02 Å². The summed E-state index contributed by atoms with van der Waals surface area (Å²) in [6, 6.07) is 20.7. The molecule has 0 aromatic heterocycles. The summed E-state index contributed by atoms with van der Waals surface area (Å²) in [7, 11) is 0. The smallest absolute Gasteiger partial charge is 0.343 e. The van der Waals surface area contributed by atoms with E-state index >= 15 is 0 Å². The first kappa shape index (κ1) is 22.1. The number of nitrogens with one attached hydrogen (secondary N) is 1. The van der Waals surface area contributed by atoms with E-state index in [4.69, 9.17) is 21.1 Å². The lowest BCUT2D eigenvalue weighted by atomic mass is 10.2. The van der Waals surface area contributed by atoms with E-state index in [0.29, 0.717) is 27.6 Å². The van der Waals surface area contributed by atoms with Crippen molar-refractivity contribution in [2.75, 3.05) is 0 Å². The topological polar surface area (TPSA) is 77.0 Å². The number of benzene rings is 3. The Labute approximate surface area is 185 Å². The molecule has 0 bridgehead atoms. The van der Waals surface area contributed by atoms with Crippen LogP contribution in [0.1, 0.15) is 28.4 Å². The number of nitrogens with zero attached hydrogens (tertiary/aromatic N) is 1. The highest BCUT2D eigenvalue weighted by atomic mass is 35.5. The van der Waals surface area contributed by atoms with Crippen molar-refractivity contribution in [3.05, 3.63) is 94.5 Å². The zero-order chi connectivity index (χ0) is 22.2. The summed E-state index contributed by atoms with van der Waals surface area (Å²) in [6.45, 7) is 3.48. The molecule has 7 heteroatoms. The van der Waals surface area contributed by atoms with Crippen LogP contribution >= 0.6 is 11.6 Å². The van der Waals surface area contributed by atoms with Gasteiger partial charge in [-0.3, -0.25) is 4.79 Å². The Balaban J connectivity index is 1.56.